The van der Waals surface area contributed by atoms with Crippen molar-refractivity contribution in [2.45, 2.75) is 12.6 Å². The Bertz CT molecular complexity index is 1180. The molecule has 0 bridgehead atoms. The number of methoxy groups -OCH3 is 1. The van der Waals surface area contributed by atoms with Crippen LogP contribution in [0.3, 0.4) is 0 Å². The normalized spacial score (nSPS) is 12.6. The first-order chi connectivity index (χ1) is 18.2. The fraction of sp³-hybridized carbons (Fsp3) is 0.250. The van der Waals surface area contributed by atoms with Gasteiger partial charge < -0.3 is 29.8 Å². The number of benzene rings is 2. The molecular formula is C28H28F3NO6. The van der Waals surface area contributed by atoms with Crippen molar-refractivity contribution >= 4 is 17.4 Å². The Balaban J connectivity index is 2.12. The first kappa shape index (κ1) is 29.9. The molecule has 0 atom stereocenters. The van der Waals surface area contributed by atoms with Crippen LogP contribution in [0.25, 0.3) is 11.5 Å². The van der Waals surface area contributed by atoms with E-state index in [1.165, 1.54) is 25.3 Å². The lowest BCUT2D eigenvalue weighted by Gasteiger charge is -2.16. The number of carboxylic acid groups (broad SMARTS) is 1. The maximum absolute atomic E-state index is 13.0. The van der Waals surface area contributed by atoms with Gasteiger partial charge in [-0.05, 0) is 36.4 Å². The Labute approximate surface area is 219 Å². The summed E-state index contributed by atoms with van der Waals surface area (Å²) < 4.78 is 60.7. The van der Waals surface area contributed by atoms with Crippen LogP contribution in [0, 0.1) is 12.3 Å². The summed E-state index contributed by atoms with van der Waals surface area (Å²) in [6, 6.07) is 11.3. The van der Waals surface area contributed by atoms with E-state index in [0.29, 0.717) is 29.1 Å². The summed E-state index contributed by atoms with van der Waals surface area (Å²) >= 11 is 0. The van der Waals surface area contributed by atoms with Crippen LogP contribution in [0.15, 0.2) is 72.5 Å². The third kappa shape index (κ3) is 9.95. The molecule has 0 spiro atoms. The summed E-state index contributed by atoms with van der Waals surface area (Å²) in [7, 11) is 1.52. The number of rotatable bonds is 14. The number of alkyl halides is 3. The third-order valence-corrected chi connectivity index (χ3v) is 4.91. The first-order valence-corrected chi connectivity index (χ1v) is 11.3. The quantitative estimate of drug-likeness (QED) is 0.115. The van der Waals surface area contributed by atoms with Gasteiger partial charge in [-0.2, -0.15) is 13.2 Å². The van der Waals surface area contributed by atoms with Crippen LogP contribution in [-0.4, -0.2) is 44.6 Å². The predicted octanol–water partition coefficient (Wildman–Crippen LogP) is 5.10. The fourth-order valence-electron chi connectivity index (χ4n) is 3.08. The molecule has 38 heavy (non-hydrogen) atoms. The average Bonchev–Trinajstić information content (AvgIpc) is 2.89. The molecule has 2 rings (SSSR count). The maximum Gasteiger partial charge on any atom is 0.416 e. The molecule has 202 valence electrons. The van der Waals surface area contributed by atoms with Crippen LogP contribution in [0.1, 0.15) is 23.1 Å². The molecule has 0 heterocycles. The number of allylic oxidation sites excluding steroid dienone is 2. The summed E-state index contributed by atoms with van der Waals surface area (Å²) in [5, 5.41) is 8.55. The van der Waals surface area contributed by atoms with E-state index in [1.54, 1.807) is 36.4 Å². The van der Waals surface area contributed by atoms with E-state index in [0.717, 1.165) is 12.1 Å². The molecule has 0 radical (unpaired) electrons. The minimum atomic E-state index is -4.48. The molecule has 0 unspecified atom stereocenters. The fourth-order valence-corrected chi connectivity index (χ4v) is 3.08. The molecule has 7 nitrogen and oxygen atoms in total. The Morgan fingerprint density at radius 2 is 1.66 bits per heavy atom. The van der Waals surface area contributed by atoms with Gasteiger partial charge in [-0.15, -0.1) is 6.42 Å². The highest BCUT2D eigenvalue weighted by Crippen LogP contribution is 2.31. The molecule has 0 saturated heterocycles. The number of halogens is 3. The number of terminal acetylenes is 1. The van der Waals surface area contributed by atoms with Gasteiger partial charge in [-0.25, -0.2) is 4.79 Å². The maximum atomic E-state index is 13.0. The first-order valence-electron chi connectivity index (χ1n) is 11.3. The number of nitrogens with two attached hydrogens (primary N) is 1. The highest BCUT2D eigenvalue weighted by Gasteiger charge is 2.30. The number of ether oxygens (including phenoxy) is 4. The van der Waals surface area contributed by atoms with E-state index in [4.69, 9.17) is 36.2 Å². The van der Waals surface area contributed by atoms with E-state index in [1.807, 2.05) is 0 Å². The summed E-state index contributed by atoms with van der Waals surface area (Å²) in [5.74, 6) is 2.56. The molecule has 0 aliphatic carbocycles. The van der Waals surface area contributed by atoms with Crippen molar-refractivity contribution in [3.8, 4) is 18.1 Å². The molecular weight excluding hydrogens is 503 g/mol. The smallest absolute Gasteiger partial charge is 0.416 e. The monoisotopic (exact) mass is 531 g/mol. The summed E-state index contributed by atoms with van der Waals surface area (Å²) in [4.78, 5) is 10.4. The zero-order valence-corrected chi connectivity index (χ0v) is 20.7. The molecule has 3 N–H and O–H groups in total. The average molecular weight is 532 g/mol. The topological polar surface area (TPSA) is 100 Å². The van der Waals surface area contributed by atoms with Gasteiger partial charge in [0.2, 0.25) is 0 Å². The van der Waals surface area contributed by atoms with Crippen molar-refractivity contribution < 1.29 is 42.0 Å². The Morgan fingerprint density at radius 3 is 2.24 bits per heavy atom. The number of aliphatic carboxylic acids is 1. The summed E-state index contributed by atoms with van der Waals surface area (Å²) in [6.45, 7) is -0.207. The van der Waals surface area contributed by atoms with Crippen LogP contribution >= 0.6 is 0 Å². The minimum Gasteiger partial charge on any atom is -0.497 e. The van der Waals surface area contributed by atoms with Crippen LogP contribution in [0.2, 0.25) is 0 Å². The second-order valence-corrected chi connectivity index (χ2v) is 7.61. The van der Waals surface area contributed by atoms with E-state index in [-0.39, 0.29) is 31.3 Å². The third-order valence-electron chi connectivity index (χ3n) is 4.91. The Morgan fingerprint density at radius 1 is 1.03 bits per heavy atom. The van der Waals surface area contributed by atoms with Crippen LogP contribution in [0.4, 0.5) is 13.2 Å². The molecule has 2 aromatic rings. The van der Waals surface area contributed by atoms with Gasteiger partial charge in [0.15, 0.2) is 0 Å². The largest absolute Gasteiger partial charge is 0.497 e. The molecule has 10 heteroatoms. The van der Waals surface area contributed by atoms with Crippen molar-refractivity contribution in [3.63, 3.8) is 0 Å². The van der Waals surface area contributed by atoms with Crippen molar-refractivity contribution in [2.24, 2.45) is 5.73 Å². The minimum absolute atomic E-state index is 0.0144. The van der Waals surface area contributed by atoms with Crippen LogP contribution in [0.5, 0.6) is 5.75 Å². The zero-order chi connectivity index (χ0) is 28.0. The molecule has 0 aliphatic rings. The standard InChI is InChI=1S/C28H28F3NO6/c1-3-6-24(7-4-5-16-36-19-25(33)34)37-17-18-38-27(21-8-12-22(13-9-21)28(29,30)31)26(32)20-10-14-23(35-2)15-11-20/h1,4-6,8-15H,7,16-19,32H2,2H3,(H,33,34)/b5-4-,24-6+,27-26-. The van der Waals surface area contributed by atoms with Gasteiger partial charge in [-0.3, -0.25) is 0 Å². The van der Waals surface area contributed by atoms with E-state index in [2.05, 4.69) is 5.92 Å². The summed E-state index contributed by atoms with van der Waals surface area (Å²) in [5.41, 5.74) is 6.72. The molecule has 0 amide bonds. The van der Waals surface area contributed by atoms with Gasteiger partial charge in [0.1, 0.15) is 37.1 Å². The SMILES string of the molecule is C#C/C=C(\C/C=C\COCC(=O)O)OCCO/C(=C(\N)c1ccc(OC)cc1)c1ccc(C(F)(F)F)cc1. The van der Waals surface area contributed by atoms with Crippen molar-refractivity contribution in [1.29, 1.82) is 0 Å². The number of carbonyl (C=O) groups is 1. The molecule has 0 aliphatic heterocycles. The molecule has 0 saturated carbocycles. The lowest BCUT2D eigenvalue weighted by molar-refractivity contribution is -0.141. The molecule has 0 fully saturated rings. The highest BCUT2D eigenvalue weighted by atomic mass is 19.4. The predicted molar refractivity (Wildman–Crippen MR) is 136 cm³/mol. The van der Waals surface area contributed by atoms with Crippen molar-refractivity contribution in [1.82, 2.24) is 0 Å². The van der Waals surface area contributed by atoms with E-state index in [9.17, 15) is 18.0 Å². The van der Waals surface area contributed by atoms with E-state index >= 15 is 0 Å². The van der Waals surface area contributed by atoms with Gasteiger partial charge in [0.25, 0.3) is 0 Å². The lowest BCUT2D eigenvalue weighted by atomic mass is 10.0. The second kappa shape index (κ2) is 15.0. The lowest BCUT2D eigenvalue weighted by Crippen LogP contribution is -2.10. The van der Waals surface area contributed by atoms with Gasteiger partial charge >= 0.3 is 12.1 Å². The van der Waals surface area contributed by atoms with Crippen LogP contribution in [-0.2, 0) is 25.2 Å². The van der Waals surface area contributed by atoms with Crippen molar-refractivity contribution in [3.05, 3.63) is 89.2 Å². The number of hydrogen-bond donors (Lipinski definition) is 2. The zero-order valence-electron chi connectivity index (χ0n) is 20.7. The van der Waals surface area contributed by atoms with Gasteiger partial charge in [0, 0.05) is 23.6 Å². The van der Waals surface area contributed by atoms with E-state index < -0.39 is 24.3 Å². The van der Waals surface area contributed by atoms with Crippen LogP contribution < -0.4 is 10.5 Å². The number of carboxylic acids is 1. The highest BCUT2D eigenvalue weighted by molar-refractivity contribution is 5.86. The summed E-state index contributed by atoms with van der Waals surface area (Å²) in [6.07, 6.45) is 5.97. The van der Waals surface area contributed by atoms with Gasteiger partial charge in [0.05, 0.1) is 25.0 Å². The van der Waals surface area contributed by atoms with Crippen molar-refractivity contribution in [2.75, 3.05) is 33.5 Å². The Hall–Kier alpha value is -4.36. The molecule has 2 aromatic carbocycles. The Kier molecular flexibility index (Phi) is 11.8. The second-order valence-electron chi connectivity index (χ2n) is 7.61. The number of hydrogen-bond acceptors (Lipinski definition) is 6. The molecule has 0 aromatic heterocycles. The van der Waals surface area contributed by atoms with Gasteiger partial charge in [-0.1, -0.05) is 30.2 Å².